The SMILES string of the molecule is COC(=O)C(CC(C)C)Nc1nc2ccc(C(=O)N(CCC(C)C)CCC(C)C)cc2n1CCCN1CC=CCC1. The van der Waals surface area contributed by atoms with E-state index in [1.54, 1.807) is 0 Å². The lowest BCUT2D eigenvalue weighted by atomic mass is 10.0. The quantitative estimate of drug-likeness (QED) is 0.192. The van der Waals surface area contributed by atoms with Crippen molar-refractivity contribution in [2.45, 2.75) is 86.2 Å². The van der Waals surface area contributed by atoms with Gasteiger partial charge in [-0.1, -0.05) is 53.7 Å². The van der Waals surface area contributed by atoms with Gasteiger partial charge in [-0.25, -0.2) is 9.78 Å². The summed E-state index contributed by atoms with van der Waals surface area (Å²) in [4.78, 5) is 35.8. The first kappa shape index (κ1) is 32.6. The number of aromatic nitrogens is 2. The summed E-state index contributed by atoms with van der Waals surface area (Å²) in [6.45, 7) is 18.3. The van der Waals surface area contributed by atoms with Gasteiger partial charge in [-0.15, -0.1) is 0 Å². The number of benzene rings is 1. The predicted molar refractivity (Wildman–Crippen MR) is 168 cm³/mol. The largest absolute Gasteiger partial charge is 0.467 e. The molecule has 1 aromatic heterocycles. The second kappa shape index (κ2) is 15.9. The average molecular weight is 568 g/mol. The van der Waals surface area contributed by atoms with Gasteiger partial charge in [-0.3, -0.25) is 9.69 Å². The fourth-order valence-corrected chi connectivity index (χ4v) is 5.25. The Morgan fingerprint density at radius 3 is 2.29 bits per heavy atom. The number of ether oxygens (including phenoxy) is 1. The van der Waals surface area contributed by atoms with Gasteiger partial charge in [0.05, 0.1) is 18.1 Å². The molecule has 8 heteroatoms. The number of nitrogens with zero attached hydrogens (tertiary/aromatic N) is 4. The van der Waals surface area contributed by atoms with Crippen LogP contribution in [0.2, 0.25) is 0 Å². The summed E-state index contributed by atoms with van der Waals surface area (Å²) in [5.74, 6) is 1.80. The third kappa shape index (κ3) is 9.87. The second-order valence-corrected chi connectivity index (χ2v) is 12.7. The van der Waals surface area contributed by atoms with E-state index in [0.29, 0.717) is 35.7 Å². The summed E-state index contributed by atoms with van der Waals surface area (Å²) < 4.78 is 7.26. The van der Waals surface area contributed by atoms with Gasteiger partial charge < -0.3 is 19.5 Å². The molecule has 1 aliphatic heterocycles. The van der Waals surface area contributed by atoms with Crippen LogP contribution in [0.15, 0.2) is 30.4 Å². The lowest BCUT2D eigenvalue weighted by Crippen LogP contribution is -2.34. The third-order valence-electron chi connectivity index (χ3n) is 7.73. The Hall–Kier alpha value is -2.87. The topological polar surface area (TPSA) is 79.7 Å². The predicted octanol–water partition coefficient (Wildman–Crippen LogP) is 6.22. The zero-order valence-electron chi connectivity index (χ0n) is 26.5. The fourth-order valence-electron chi connectivity index (χ4n) is 5.25. The molecule has 0 spiro atoms. The standard InChI is InChI=1S/C33H53N5O3/c1-24(2)14-20-37(21-15-25(3)4)31(39)27-12-13-28-30(23-27)38(19-11-18-36-16-9-8-10-17-36)33(34-28)35-29(22-26(5)6)32(40)41-7/h8-9,12-13,23-26,29H,10-11,14-22H2,1-7H3,(H,34,35). The van der Waals surface area contributed by atoms with Gasteiger partial charge in [0.25, 0.3) is 5.91 Å². The number of anilines is 1. The fraction of sp³-hybridized carbons (Fsp3) is 0.667. The number of fused-ring (bicyclic) bond motifs is 1. The van der Waals surface area contributed by atoms with Crippen molar-refractivity contribution in [3.63, 3.8) is 0 Å². The highest BCUT2D eigenvalue weighted by atomic mass is 16.5. The molecule has 1 aromatic carbocycles. The van der Waals surface area contributed by atoms with E-state index in [1.165, 1.54) is 7.11 Å². The first-order valence-corrected chi connectivity index (χ1v) is 15.6. The lowest BCUT2D eigenvalue weighted by Gasteiger charge is -2.25. The van der Waals surface area contributed by atoms with Crippen molar-refractivity contribution < 1.29 is 14.3 Å². The molecule has 41 heavy (non-hydrogen) atoms. The maximum Gasteiger partial charge on any atom is 0.328 e. The van der Waals surface area contributed by atoms with Gasteiger partial charge in [-0.2, -0.15) is 0 Å². The van der Waals surface area contributed by atoms with Crippen LogP contribution in [0.5, 0.6) is 0 Å². The van der Waals surface area contributed by atoms with E-state index in [2.05, 4.69) is 68.5 Å². The zero-order valence-corrected chi connectivity index (χ0v) is 26.5. The molecule has 1 amide bonds. The average Bonchev–Trinajstić information content (AvgIpc) is 3.28. The molecule has 0 radical (unpaired) electrons. The summed E-state index contributed by atoms with van der Waals surface area (Å²) in [6.07, 6.45) is 9.11. The van der Waals surface area contributed by atoms with Crippen LogP contribution in [0.3, 0.4) is 0 Å². The van der Waals surface area contributed by atoms with Crippen LogP contribution in [-0.4, -0.2) is 77.1 Å². The molecule has 0 aliphatic carbocycles. The number of rotatable bonds is 16. The number of esters is 1. The molecule has 1 N–H and O–H groups in total. The van der Waals surface area contributed by atoms with E-state index in [9.17, 15) is 9.59 Å². The highest BCUT2D eigenvalue weighted by Crippen LogP contribution is 2.25. The molecule has 0 saturated carbocycles. The van der Waals surface area contributed by atoms with E-state index in [4.69, 9.17) is 9.72 Å². The van der Waals surface area contributed by atoms with Crippen molar-refractivity contribution in [3.05, 3.63) is 35.9 Å². The summed E-state index contributed by atoms with van der Waals surface area (Å²) in [5, 5.41) is 3.40. The molecule has 1 atom stereocenters. The molecule has 8 nitrogen and oxygen atoms in total. The number of nitrogens with one attached hydrogen (secondary N) is 1. The number of carbonyl (C=O) groups excluding carboxylic acids is 2. The number of hydrogen-bond donors (Lipinski definition) is 1. The maximum atomic E-state index is 13.8. The lowest BCUT2D eigenvalue weighted by molar-refractivity contribution is -0.141. The first-order chi connectivity index (χ1) is 19.6. The minimum atomic E-state index is -0.494. The molecule has 1 aliphatic rings. The molecule has 228 valence electrons. The molecule has 0 bridgehead atoms. The van der Waals surface area contributed by atoms with E-state index >= 15 is 0 Å². The van der Waals surface area contributed by atoms with Crippen LogP contribution in [0.1, 0.15) is 84.0 Å². The Morgan fingerprint density at radius 1 is 1.00 bits per heavy atom. The zero-order chi connectivity index (χ0) is 29.9. The number of methoxy groups -OCH3 is 1. The van der Waals surface area contributed by atoms with Crippen LogP contribution in [0.4, 0.5) is 5.95 Å². The van der Waals surface area contributed by atoms with E-state index in [-0.39, 0.29) is 11.9 Å². The number of carbonyl (C=O) groups is 2. The maximum absolute atomic E-state index is 13.8. The van der Waals surface area contributed by atoms with E-state index in [0.717, 1.165) is 76.0 Å². The Kier molecular flexibility index (Phi) is 12.7. The second-order valence-electron chi connectivity index (χ2n) is 12.7. The minimum Gasteiger partial charge on any atom is -0.467 e. The third-order valence-corrected chi connectivity index (χ3v) is 7.73. The van der Waals surface area contributed by atoms with Crippen molar-refractivity contribution in [1.82, 2.24) is 19.4 Å². The first-order valence-electron chi connectivity index (χ1n) is 15.6. The van der Waals surface area contributed by atoms with Crippen LogP contribution < -0.4 is 5.32 Å². The molecular weight excluding hydrogens is 514 g/mol. The summed E-state index contributed by atoms with van der Waals surface area (Å²) in [7, 11) is 1.43. The van der Waals surface area contributed by atoms with Crippen molar-refractivity contribution in [2.75, 3.05) is 45.2 Å². The van der Waals surface area contributed by atoms with Gasteiger partial charge in [0.1, 0.15) is 6.04 Å². The van der Waals surface area contributed by atoms with E-state index in [1.807, 2.05) is 23.1 Å². The Balaban J connectivity index is 1.93. The summed E-state index contributed by atoms with van der Waals surface area (Å²) in [5.41, 5.74) is 2.41. The van der Waals surface area contributed by atoms with Gasteiger partial charge in [-0.05, 0) is 68.1 Å². The molecule has 3 rings (SSSR count). The van der Waals surface area contributed by atoms with E-state index < -0.39 is 6.04 Å². The van der Waals surface area contributed by atoms with Crippen molar-refractivity contribution in [2.24, 2.45) is 17.8 Å². The molecular formula is C33H53N5O3. The number of aryl methyl sites for hydroxylation is 1. The molecule has 2 aromatic rings. The Labute approximate surface area is 247 Å². The molecule has 0 saturated heterocycles. The van der Waals surface area contributed by atoms with Gasteiger partial charge in [0.2, 0.25) is 5.95 Å². The van der Waals surface area contributed by atoms with Crippen LogP contribution >= 0.6 is 0 Å². The Morgan fingerprint density at radius 2 is 1.71 bits per heavy atom. The van der Waals surface area contributed by atoms with Crippen molar-refractivity contribution >= 4 is 28.9 Å². The van der Waals surface area contributed by atoms with Crippen LogP contribution in [-0.2, 0) is 16.1 Å². The molecule has 1 unspecified atom stereocenters. The summed E-state index contributed by atoms with van der Waals surface area (Å²) >= 11 is 0. The normalized spacial score (nSPS) is 14.8. The highest BCUT2D eigenvalue weighted by Gasteiger charge is 2.24. The highest BCUT2D eigenvalue weighted by molar-refractivity contribution is 5.98. The summed E-state index contributed by atoms with van der Waals surface area (Å²) in [6, 6.07) is 5.34. The molecule has 0 fully saturated rings. The Bertz CT molecular complexity index is 1140. The van der Waals surface area contributed by atoms with Crippen LogP contribution in [0, 0.1) is 17.8 Å². The smallest absolute Gasteiger partial charge is 0.328 e. The molecule has 2 heterocycles. The van der Waals surface area contributed by atoms with Crippen molar-refractivity contribution in [3.8, 4) is 0 Å². The van der Waals surface area contributed by atoms with Gasteiger partial charge >= 0.3 is 5.97 Å². The van der Waals surface area contributed by atoms with Gasteiger partial charge in [0.15, 0.2) is 0 Å². The number of hydrogen-bond acceptors (Lipinski definition) is 6. The van der Waals surface area contributed by atoms with Crippen LogP contribution in [0.25, 0.3) is 11.0 Å². The van der Waals surface area contributed by atoms with Crippen molar-refractivity contribution in [1.29, 1.82) is 0 Å². The monoisotopic (exact) mass is 567 g/mol. The number of imidazole rings is 1. The minimum absolute atomic E-state index is 0.0720. The number of amides is 1. The van der Waals surface area contributed by atoms with Gasteiger partial charge in [0, 0.05) is 44.8 Å².